The van der Waals surface area contributed by atoms with Gasteiger partial charge in [0, 0.05) is 6.54 Å². The van der Waals surface area contributed by atoms with Gasteiger partial charge < -0.3 is 20.1 Å². The Morgan fingerprint density at radius 2 is 1.63 bits per heavy atom. The number of hydrogen-bond acceptors (Lipinski definition) is 4. The molecule has 19 heavy (non-hydrogen) atoms. The summed E-state index contributed by atoms with van der Waals surface area (Å²) in [5.41, 5.74) is 2.48. The van der Waals surface area contributed by atoms with E-state index >= 15 is 0 Å². The number of ether oxygens (including phenoxy) is 2. The molecule has 0 aliphatic carbocycles. The Balaban J connectivity index is 2.49. The first-order valence-corrected chi connectivity index (χ1v) is 6.79. The molecule has 0 aliphatic rings. The van der Waals surface area contributed by atoms with Crippen LogP contribution in [-0.4, -0.2) is 34.4 Å². The van der Waals surface area contributed by atoms with Crippen LogP contribution in [0.3, 0.4) is 0 Å². The summed E-state index contributed by atoms with van der Waals surface area (Å²) in [5.74, 6) is 1.58. The number of aryl methyl sites for hydroxylation is 1. The summed E-state index contributed by atoms with van der Waals surface area (Å²) in [7, 11) is 5.32. The summed E-state index contributed by atoms with van der Waals surface area (Å²) < 4.78 is 10.6. The van der Waals surface area contributed by atoms with Crippen molar-refractivity contribution in [1.82, 2.24) is 10.6 Å². The summed E-state index contributed by atoms with van der Waals surface area (Å²) in [6, 6.07) is 4.08. The van der Waals surface area contributed by atoms with Crippen molar-refractivity contribution in [2.24, 2.45) is 0 Å². The third-order valence-electron chi connectivity index (χ3n) is 3.19. The van der Waals surface area contributed by atoms with Crippen molar-refractivity contribution in [3.63, 3.8) is 0 Å². The predicted molar refractivity (Wildman–Crippen MR) is 79.2 cm³/mol. The molecule has 0 unspecified atom stereocenters. The lowest BCUT2D eigenvalue weighted by atomic mass is 10.1. The lowest BCUT2D eigenvalue weighted by molar-refractivity contribution is 0.354. The van der Waals surface area contributed by atoms with Crippen molar-refractivity contribution >= 4 is 0 Å². The van der Waals surface area contributed by atoms with Crippen molar-refractivity contribution in [2.45, 2.75) is 26.3 Å². The summed E-state index contributed by atoms with van der Waals surface area (Å²) in [5, 5.41) is 6.62. The Bertz CT molecular complexity index is 381. The molecule has 0 aromatic heterocycles. The summed E-state index contributed by atoms with van der Waals surface area (Å²) in [6.45, 7) is 5.08. The lowest BCUT2D eigenvalue weighted by Crippen LogP contribution is -2.17. The lowest BCUT2D eigenvalue weighted by Gasteiger charge is -2.13. The second-order valence-electron chi connectivity index (χ2n) is 4.62. The van der Waals surface area contributed by atoms with Gasteiger partial charge in [-0.3, -0.25) is 0 Å². The van der Waals surface area contributed by atoms with Crippen LogP contribution in [0.25, 0.3) is 0 Å². The van der Waals surface area contributed by atoms with E-state index in [4.69, 9.17) is 9.47 Å². The Hall–Kier alpha value is -1.26. The third kappa shape index (κ3) is 5.09. The summed E-state index contributed by atoms with van der Waals surface area (Å²) in [6.07, 6.45) is 2.39. The third-order valence-corrected chi connectivity index (χ3v) is 3.19. The van der Waals surface area contributed by atoms with E-state index in [9.17, 15) is 0 Å². The minimum Gasteiger partial charge on any atom is -0.493 e. The van der Waals surface area contributed by atoms with Gasteiger partial charge in [-0.15, -0.1) is 0 Å². The van der Waals surface area contributed by atoms with Crippen molar-refractivity contribution in [3.05, 3.63) is 23.3 Å². The maximum absolute atomic E-state index is 5.33. The van der Waals surface area contributed by atoms with E-state index in [2.05, 4.69) is 23.6 Å². The van der Waals surface area contributed by atoms with E-state index in [1.807, 2.05) is 13.1 Å². The molecule has 0 saturated heterocycles. The van der Waals surface area contributed by atoms with Crippen LogP contribution in [-0.2, 0) is 6.54 Å². The fraction of sp³-hybridized carbons (Fsp3) is 0.600. The SMILES string of the molecule is CNCCCCNCc1cc(OC)c(OC)cc1C. The molecule has 108 valence electrons. The Morgan fingerprint density at radius 1 is 1.00 bits per heavy atom. The van der Waals surface area contributed by atoms with Gasteiger partial charge in [0.2, 0.25) is 0 Å². The second kappa shape index (κ2) is 8.77. The fourth-order valence-electron chi connectivity index (χ4n) is 1.99. The highest BCUT2D eigenvalue weighted by Gasteiger charge is 2.07. The predicted octanol–water partition coefficient (Wildman–Crippen LogP) is 2.10. The van der Waals surface area contributed by atoms with Gasteiger partial charge in [-0.05, 0) is 63.2 Å². The molecule has 2 N–H and O–H groups in total. The van der Waals surface area contributed by atoms with Crippen LogP contribution in [0.5, 0.6) is 11.5 Å². The Labute approximate surface area is 116 Å². The molecule has 4 nitrogen and oxygen atoms in total. The summed E-state index contributed by atoms with van der Waals surface area (Å²) >= 11 is 0. The topological polar surface area (TPSA) is 42.5 Å². The number of methoxy groups -OCH3 is 2. The average Bonchev–Trinajstić information content (AvgIpc) is 2.43. The molecule has 0 atom stereocenters. The highest BCUT2D eigenvalue weighted by molar-refractivity contribution is 5.46. The molecule has 1 aromatic rings. The quantitative estimate of drug-likeness (QED) is 0.672. The van der Waals surface area contributed by atoms with Crippen molar-refractivity contribution in [1.29, 1.82) is 0 Å². The Morgan fingerprint density at radius 3 is 2.26 bits per heavy atom. The van der Waals surface area contributed by atoms with Crippen LogP contribution >= 0.6 is 0 Å². The number of unbranched alkanes of at least 4 members (excludes halogenated alkanes) is 1. The normalized spacial score (nSPS) is 10.5. The molecular formula is C15H26N2O2. The first kappa shape index (κ1) is 15.8. The van der Waals surface area contributed by atoms with Crippen LogP contribution in [0.2, 0.25) is 0 Å². The molecule has 0 saturated carbocycles. The molecule has 4 heteroatoms. The number of benzene rings is 1. The zero-order chi connectivity index (χ0) is 14.1. The van der Waals surface area contributed by atoms with Gasteiger partial charge in [0.05, 0.1) is 14.2 Å². The molecule has 1 aromatic carbocycles. The highest BCUT2D eigenvalue weighted by Crippen LogP contribution is 2.30. The zero-order valence-electron chi connectivity index (χ0n) is 12.5. The monoisotopic (exact) mass is 266 g/mol. The minimum absolute atomic E-state index is 0.790. The molecule has 0 aliphatic heterocycles. The van der Waals surface area contributed by atoms with Gasteiger partial charge in [-0.1, -0.05) is 0 Å². The van der Waals surface area contributed by atoms with Gasteiger partial charge in [-0.25, -0.2) is 0 Å². The van der Waals surface area contributed by atoms with Crippen LogP contribution in [0.15, 0.2) is 12.1 Å². The van der Waals surface area contributed by atoms with Crippen molar-refractivity contribution in [3.8, 4) is 11.5 Å². The van der Waals surface area contributed by atoms with E-state index < -0.39 is 0 Å². The van der Waals surface area contributed by atoms with Gasteiger partial charge in [-0.2, -0.15) is 0 Å². The van der Waals surface area contributed by atoms with Gasteiger partial charge in [0.15, 0.2) is 11.5 Å². The van der Waals surface area contributed by atoms with E-state index in [-0.39, 0.29) is 0 Å². The van der Waals surface area contributed by atoms with Crippen LogP contribution in [0, 0.1) is 6.92 Å². The number of rotatable bonds is 9. The van der Waals surface area contributed by atoms with Crippen molar-refractivity contribution < 1.29 is 9.47 Å². The second-order valence-corrected chi connectivity index (χ2v) is 4.62. The molecule has 0 heterocycles. The smallest absolute Gasteiger partial charge is 0.161 e. The average molecular weight is 266 g/mol. The van der Waals surface area contributed by atoms with Crippen LogP contribution < -0.4 is 20.1 Å². The Kier molecular flexibility index (Phi) is 7.30. The minimum atomic E-state index is 0.790. The van der Waals surface area contributed by atoms with Crippen molar-refractivity contribution in [2.75, 3.05) is 34.4 Å². The molecule has 1 rings (SSSR count). The molecule has 0 amide bonds. The fourth-order valence-corrected chi connectivity index (χ4v) is 1.99. The first-order valence-electron chi connectivity index (χ1n) is 6.79. The highest BCUT2D eigenvalue weighted by atomic mass is 16.5. The largest absolute Gasteiger partial charge is 0.493 e. The first-order chi connectivity index (χ1) is 9.22. The van der Waals surface area contributed by atoms with E-state index in [0.717, 1.165) is 31.1 Å². The molecule has 0 bridgehead atoms. The van der Waals surface area contributed by atoms with Gasteiger partial charge in [0.25, 0.3) is 0 Å². The standard InChI is InChI=1S/C15H26N2O2/c1-12-9-14(18-3)15(19-4)10-13(12)11-17-8-6-5-7-16-2/h9-10,16-17H,5-8,11H2,1-4H3. The van der Waals surface area contributed by atoms with Gasteiger partial charge >= 0.3 is 0 Å². The number of hydrogen-bond donors (Lipinski definition) is 2. The van der Waals surface area contributed by atoms with Crippen LogP contribution in [0.1, 0.15) is 24.0 Å². The van der Waals surface area contributed by atoms with E-state index in [1.54, 1.807) is 14.2 Å². The van der Waals surface area contributed by atoms with E-state index in [0.29, 0.717) is 0 Å². The molecule has 0 spiro atoms. The maximum atomic E-state index is 5.33. The zero-order valence-corrected chi connectivity index (χ0v) is 12.5. The molecule has 0 radical (unpaired) electrons. The van der Waals surface area contributed by atoms with Gasteiger partial charge in [0.1, 0.15) is 0 Å². The summed E-state index contributed by atoms with van der Waals surface area (Å²) in [4.78, 5) is 0. The van der Waals surface area contributed by atoms with Crippen LogP contribution in [0.4, 0.5) is 0 Å². The number of nitrogens with one attached hydrogen (secondary N) is 2. The molecule has 0 fully saturated rings. The molecular weight excluding hydrogens is 240 g/mol. The van der Waals surface area contributed by atoms with E-state index in [1.165, 1.54) is 24.0 Å². The maximum Gasteiger partial charge on any atom is 0.161 e.